The zero-order valence-electron chi connectivity index (χ0n) is 6.35. The van der Waals surface area contributed by atoms with Crippen LogP contribution in [-0.2, 0) is 9.53 Å². The number of carbonyl (C=O) groups is 1. The van der Waals surface area contributed by atoms with Gasteiger partial charge in [-0.1, -0.05) is 0 Å². The van der Waals surface area contributed by atoms with Crippen molar-refractivity contribution < 1.29 is 9.53 Å². The van der Waals surface area contributed by atoms with Crippen LogP contribution in [0.2, 0.25) is 0 Å². The number of rotatable bonds is 0. The highest BCUT2D eigenvalue weighted by molar-refractivity contribution is 5.86. The van der Waals surface area contributed by atoms with Gasteiger partial charge < -0.3 is 15.4 Å². The molecule has 0 aromatic rings. The molecular weight excluding hydrogens is 144 g/mol. The van der Waals surface area contributed by atoms with Crippen LogP contribution in [0.5, 0.6) is 0 Å². The molecule has 2 aliphatic rings. The number of nitrogens with one attached hydrogen (secondary N) is 2. The van der Waals surface area contributed by atoms with Crippen molar-refractivity contribution >= 4 is 5.91 Å². The highest BCUT2D eigenvalue weighted by atomic mass is 16.5. The molecule has 0 bridgehead atoms. The first-order chi connectivity index (χ1) is 5.33. The molecule has 1 spiro atoms. The first-order valence-corrected chi connectivity index (χ1v) is 3.96. The molecule has 0 radical (unpaired) electrons. The summed E-state index contributed by atoms with van der Waals surface area (Å²) in [7, 11) is 0. The van der Waals surface area contributed by atoms with Crippen LogP contribution >= 0.6 is 0 Å². The SMILES string of the molecule is O=C1NCCO[C@]12CCNC2. The summed E-state index contributed by atoms with van der Waals surface area (Å²) in [6.45, 7) is 2.85. The smallest absolute Gasteiger partial charge is 0.253 e. The Hall–Kier alpha value is -0.610. The summed E-state index contributed by atoms with van der Waals surface area (Å²) in [6.07, 6.45) is 0.804. The van der Waals surface area contributed by atoms with Gasteiger partial charge in [0.25, 0.3) is 5.91 Å². The third-order valence-electron chi connectivity index (χ3n) is 2.30. The van der Waals surface area contributed by atoms with Crippen molar-refractivity contribution in [3.05, 3.63) is 0 Å². The Balaban J connectivity index is 2.13. The first kappa shape index (κ1) is 7.06. The molecule has 0 saturated carbocycles. The van der Waals surface area contributed by atoms with Crippen molar-refractivity contribution in [3.8, 4) is 0 Å². The van der Waals surface area contributed by atoms with Gasteiger partial charge in [-0.2, -0.15) is 0 Å². The van der Waals surface area contributed by atoms with Crippen LogP contribution in [-0.4, -0.2) is 37.7 Å². The van der Waals surface area contributed by atoms with E-state index in [1.165, 1.54) is 0 Å². The molecule has 0 aromatic carbocycles. The van der Waals surface area contributed by atoms with Crippen molar-refractivity contribution in [2.24, 2.45) is 0 Å². The van der Waals surface area contributed by atoms with Crippen molar-refractivity contribution in [1.82, 2.24) is 10.6 Å². The molecule has 0 aliphatic carbocycles. The number of hydrogen-bond acceptors (Lipinski definition) is 3. The van der Waals surface area contributed by atoms with Crippen LogP contribution in [0.25, 0.3) is 0 Å². The van der Waals surface area contributed by atoms with Crippen LogP contribution < -0.4 is 10.6 Å². The van der Waals surface area contributed by atoms with E-state index in [0.717, 1.165) is 13.0 Å². The molecule has 2 heterocycles. The Bertz CT molecular complexity index is 175. The third kappa shape index (κ3) is 1.02. The lowest BCUT2D eigenvalue weighted by atomic mass is 10.0. The highest BCUT2D eigenvalue weighted by Crippen LogP contribution is 2.21. The predicted molar refractivity (Wildman–Crippen MR) is 39.2 cm³/mol. The maximum absolute atomic E-state index is 11.3. The molecule has 2 fully saturated rings. The van der Waals surface area contributed by atoms with Gasteiger partial charge in [0, 0.05) is 13.1 Å². The second kappa shape index (κ2) is 2.46. The minimum Gasteiger partial charge on any atom is -0.362 e. The van der Waals surface area contributed by atoms with E-state index in [-0.39, 0.29) is 5.91 Å². The van der Waals surface area contributed by atoms with E-state index in [4.69, 9.17) is 4.74 Å². The maximum atomic E-state index is 11.3. The monoisotopic (exact) mass is 156 g/mol. The second-order valence-corrected chi connectivity index (χ2v) is 3.03. The Morgan fingerprint density at radius 2 is 2.36 bits per heavy atom. The second-order valence-electron chi connectivity index (χ2n) is 3.03. The fourth-order valence-electron chi connectivity index (χ4n) is 1.62. The van der Waals surface area contributed by atoms with Gasteiger partial charge in [-0.3, -0.25) is 4.79 Å². The van der Waals surface area contributed by atoms with Crippen molar-refractivity contribution in [2.75, 3.05) is 26.2 Å². The van der Waals surface area contributed by atoms with Gasteiger partial charge in [0.05, 0.1) is 6.61 Å². The lowest BCUT2D eigenvalue weighted by Crippen LogP contribution is -2.55. The Morgan fingerprint density at radius 3 is 3.00 bits per heavy atom. The van der Waals surface area contributed by atoms with Crippen LogP contribution in [0, 0.1) is 0 Å². The topological polar surface area (TPSA) is 50.4 Å². The number of carbonyl (C=O) groups excluding carboxylic acids is 1. The maximum Gasteiger partial charge on any atom is 0.253 e. The van der Waals surface area contributed by atoms with Crippen LogP contribution in [0.15, 0.2) is 0 Å². The molecule has 1 amide bonds. The number of hydrogen-bond donors (Lipinski definition) is 2. The standard InChI is InChI=1S/C7H12N2O2/c10-6-7(1-2-8-5-7)11-4-3-9-6/h8H,1-5H2,(H,9,10)/t7-/m0/s1. The molecule has 62 valence electrons. The van der Waals surface area contributed by atoms with E-state index < -0.39 is 5.60 Å². The summed E-state index contributed by atoms with van der Waals surface area (Å²) in [5, 5.41) is 5.94. The molecule has 2 aliphatic heterocycles. The quantitative estimate of drug-likeness (QED) is 0.466. The minimum absolute atomic E-state index is 0.0498. The van der Waals surface area contributed by atoms with E-state index in [9.17, 15) is 4.79 Å². The Labute approximate surface area is 65.3 Å². The molecule has 0 aromatic heterocycles. The predicted octanol–water partition coefficient (Wildman–Crippen LogP) is -1.14. The molecule has 2 rings (SSSR count). The van der Waals surface area contributed by atoms with Gasteiger partial charge in [0.2, 0.25) is 0 Å². The number of morpholine rings is 1. The molecular formula is C7H12N2O2. The molecule has 4 nitrogen and oxygen atoms in total. The largest absolute Gasteiger partial charge is 0.362 e. The fourth-order valence-corrected chi connectivity index (χ4v) is 1.62. The summed E-state index contributed by atoms with van der Waals surface area (Å²) < 4.78 is 5.46. The average molecular weight is 156 g/mol. The fraction of sp³-hybridized carbons (Fsp3) is 0.857. The first-order valence-electron chi connectivity index (χ1n) is 3.96. The van der Waals surface area contributed by atoms with Gasteiger partial charge in [-0.15, -0.1) is 0 Å². The molecule has 2 saturated heterocycles. The molecule has 1 atom stereocenters. The van der Waals surface area contributed by atoms with Crippen molar-refractivity contribution in [3.63, 3.8) is 0 Å². The number of amides is 1. The summed E-state index contributed by atoms with van der Waals surface area (Å²) in [6, 6.07) is 0. The van der Waals surface area contributed by atoms with Gasteiger partial charge in [-0.05, 0) is 13.0 Å². The van der Waals surface area contributed by atoms with E-state index in [2.05, 4.69) is 10.6 Å². The van der Waals surface area contributed by atoms with E-state index in [0.29, 0.717) is 19.7 Å². The van der Waals surface area contributed by atoms with Crippen molar-refractivity contribution in [2.45, 2.75) is 12.0 Å². The lowest BCUT2D eigenvalue weighted by molar-refractivity contribution is -0.151. The van der Waals surface area contributed by atoms with Crippen molar-refractivity contribution in [1.29, 1.82) is 0 Å². The highest BCUT2D eigenvalue weighted by Gasteiger charge is 2.43. The third-order valence-corrected chi connectivity index (χ3v) is 2.30. The normalized spacial score (nSPS) is 37.6. The van der Waals surface area contributed by atoms with Crippen LogP contribution in [0.1, 0.15) is 6.42 Å². The van der Waals surface area contributed by atoms with E-state index >= 15 is 0 Å². The number of ether oxygens (including phenoxy) is 1. The Kier molecular flexibility index (Phi) is 1.58. The lowest BCUT2D eigenvalue weighted by Gasteiger charge is -2.31. The average Bonchev–Trinajstić information content (AvgIpc) is 2.46. The minimum atomic E-state index is -0.530. The van der Waals surface area contributed by atoms with E-state index in [1.807, 2.05) is 0 Å². The summed E-state index contributed by atoms with van der Waals surface area (Å²) in [5.74, 6) is 0.0498. The Morgan fingerprint density at radius 1 is 1.45 bits per heavy atom. The van der Waals surface area contributed by atoms with Gasteiger partial charge >= 0.3 is 0 Å². The molecule has 2 N–H and O–H groups in total. The summed E-state index contributed by atoms with van der Waals surface area (Å²) in [5.41, 5.74) is -0.530. The molecule has 4 heteroatoms. The van der Waals surface area contributed by atoms with Crippen LogP contribution in [0.4, 0.5) is 0 Å². The zero-order valence-corrected chi connectivity index (χ0v) is 6.35. The molecule has 0 unspecified atom stereocenters. The zero-order chi connectivity index (χ0) is 7.73. The summed E-state index contributed by atoms with van der Waals surface area (Å²) >= 11 is 0. The molecule has 11 heavy (non-hydrogen) atoms. The van der Waals surface area contributed by atoms with Gasteiger partial charge in [0.15, 0.2) is 5.60 Å². The van der Waals surface area contributed by atoms with Gasteiger partial charge in [-0.25, -0.2) is 0 Å². The van der Waals surface area contributed by atoms with Crippen LogP contribution in [0.3, 0.4) is 0 Å². The summed E-state index contributed by atoms with van der Waals surface area (Å²) in [4.78, 5) is 11.3. The van der Waals surface area contributed by atoms with E-state index in [1.54, 1.807) is 0 Å². The van der Waals surface area contributed by atoms with Gasteiger partial charge in [0.1, 0.15) is 0 Å².